The van der Waals surface area contributed by atoms with E-state index in [2.05, 4.69) is 16.0 Å². The standard InChI is InChI=1S/C17H19N3O4/c1-18-16(22)11-12-4-6-13(7-5-12)20-15(21)8-9-19-17(23)14-3-2-10-24-14/h2-7,10H,8-9,11H2,1H3,(H,18,22)(H,19,23)(H,20,21). The summed E-state index contributed by atoms with van der Waals surface area (Å²) in [6, 6.07) is 10.2. The summed E-state index contributed by atoms with van der Waals surface area (Å²) in [5.74, 6) is -0.429. The van der Waals surface area contributed by atoms with Gasteiger partial charge in [-0.2, -0.15) is 0 Å². The van der Waals surface area contributed by atoms with Gasteiger partial charge in [0, 0.05) is 25.7 Å². The van der Waals surface area contributed by atoms with E-state index in [-0.39, 0.29) is 36.4 Å². The SMILES string of the molecule is CNC(=O)Cc1ccc(NC(=O)CCNC(=O)c2ccco2)cc1. The maximum atomic E-state index is 11.8. The van der Waals surface area contributed by atoms with Gasteiger partial charge in [0.25, 0.3) is 5.91 Å². The predicted octanol–water partition coefficient (Wildman–Crippen LogP) is 1.33. The van der Waals surface area contributed by atoms with Crippen LogP contribution in [0.4, 0.5) is 5.69 Å². The van der Waals surface area contributed by atoms with Crippen molar-refractivity contribution in [2.45, 2.75) is 12.8 Å². The molecule has 0 aliphatic carbocycles. The normalized spacial score (nSPS) is 10.0. The zero-order valence-electron chi connectivity index (χ0n) is 13.3. The molecule has 7 nitrogen and oxygen atoms in total. The van der Waals surface area contributed by atoms with Gasteiger partial charge < -0.3 is 20.4 Å². The van der Waals surface area contributed by atoms with Gasteiger partial charge in [-0.3, -0.25) is 14.4 Å². The van der Waals surface area contributed by atoms with Crippen molar-refractivity contribution in [3.8, 4) is 0 Å². The van der Waals surface area contributed by atoms with Gasteiger partial charge in [0.1, 0.15) is 0 Å². The molecule has 1 aromatic carbocycles. The predicted molar refractivity (Wildman–Crippen MR) is 88.5 cm³/mol. The van der Waals surface area contributed by atoms with Crippen LogP contribution >= 0.6 is 0 Å². The highest BCUT2D eigenvalue weighted by Crippen LogP contribution is 2.10. The maximum absolute atomic E-state index is 11.8. The number of amides is 3. The molecule has 0 aliphatic heterocycles. The van der Waals surface area contributed by atoms with Crippen LogP contribution in [0.2, 0.25) is 0 Å². The molecule has 0 fully saturated rings. The molecule has 3 amide bonds. The number of nitrogens with one attached hydrogen (secondary N) is 3. The highest BCUT2D eigenvalue weighted by atomic mass is 16.3. The monoisotopic (exact) mass is 329 g/mol. The molecule has 126 valence electrons. The molecule has 0 saturated carbocycles. The highest BCUT2D eigenvalue weighted by Gasteiger charge is 2.09. The molecule has 0 radical (unpaired) electrons. The third-order valence-electron chi connectivity index (χ3n) is 3.26. The molecular formula is C17H19N3O4. The summed E-state index contributed by atoms with van der Waals surface area (Å²) >= 11 is 0. The van der Waals surface area contributed by atoms with Crippen molar-refractivity contribution in [2.24, 2.45) is 0 Å². The first kappa shape index (κ1) is 17.3. The quantitative estimate of drug-likeness (QED) is 0.713. The van der Waals surface area contributed by atoms with Crippen LogP contribution < -0.4 is 16.0 Å². The number of rotatable bonds is 7. The van der Waals surface area contributed by atoms with Gasteiger partial charge in [-0.15, -0.1) is 0 Å². The van der Waals surface area contributed by atoms with Crippen molar-refractivity contribution in [1.29, 1.82) is 0 Å². The Hall–Kier alpha value is -3.09. The van der Waals surface area contributed by atoms with Gasteiger partial charge in [0.05, 0.1) is 12.7 Å². The molecule has 0 saturated heterocycles. The number of furan rings is 1. The molecule has 7 heteroatoms. The lowest BCUT2D eigenvalue weighted by Gasteiger charge is -2.07. The Morgan fingerprint density at radius 1 is 1.04 bits per heavy atom. The summed E-state index contributed by atoms with van der Waals surface area (Å²) in [6.45, 7) is 0.208. The first-order valence-corrected chi connectivity index (χ1v) is 7.49. The van der Waals surface area contributed by atoms with Crippen molar-refractivity contribution < 1.29 is 18.8 Å². The van der Waals surface area contributed by atoms with E-state index in [0.717, 1.165) is 5.56 Å². The summed E-state index contributed by atoms with van der Waals surface area (Å²) in [7, 11) is 1.58. The molecule has 3 N–H and O–H groups in total. The number of hydrogen-bond donors (Lipinski definition) is 3. The van der Waals surface area contributed by atoms with Crippen LogP contribution in [0.15, 0.2) is 47.1 Å². The van der Waals surface area contributed by atoms with Gasteiger partial charge in [-0.1, -0.05) is 12.1 Å². The van der Waals surface area contributed by atoms with E-state index >= 15 is 0 Å². The maximum Gasteiger partial charge on any atom is 0.286 e. The molecule has 2 rings (SSSR count). The molecule has 0 aliphatic rings. The van der Waals surface area contributed by atoms with E-state index in [9.17, 15) is 14.4 Å². The van der Waals surface area contributed by atoms with Gasteiger partial charge in [-0.25, -0.2) is 0 Å². The van der Waals surface area contributed by atoms with Crippen molar-refractivity contribution in [2.75, 3.05) is 18.9 Å². The van der Waals surface area contributed by atoms with Crippen LogP contribution in [0.3, 0.4) is 0 Å². The molecule has 0 spiro atoms. The van der Waals surface area contributed by atoms with Crippen LogP contribution in [0.25, 0.3) is 0 Å². The fraction of sp³-hybridized carbons (Fsp3) is 0.235. The third kappa shape index (κ3) is 5.28. The Morgan fingerprint density at radius 3 is 2.42 bits per heavy atom. The Kier molecular flexibility index (Phi) is 6.13. The van der Waals surface area contributed by atoms with E-state index in [1.54, 1.807) is 43.4 Å². The first-order chi connectivity index (χ1) is 11.6. The average Bonchev–Trinajstić information content (AvgIpc) is 3.11. The number of carbonyl (C=O) groups is 3. The lowest BCUT2D eigenvalue weighted by Crippen LogP contribution is -2.27. The molecule has 0 unspecified atom stereocenters. The third-order valence-corrected chi connectivity index (χ3v) is 3.26. The van der Waals surface area contributed by atoms with E-state index < -0.39 is 0 Å². The molecule has 1 aromatic heterocycles. The largest absolute Gasteiger partial charge is 0.459 e. The second-order valence-electron chi connectivity index (χ2n) is 5.08. The minimum Gasteiger partial charge on any atom is -0.459 e. The summed E-state index contributed by atoms with van der Waals surface area (Å²) in [5, 5.41) is 7.88. The molecule has 0 atom stereocenters. The average molecular weight is 329 g/mol. The van der Waals surface area contributed by atoms with E-state index in [1.165, 1.54) is 6.26 Å². The fourth-order valence-electron chi connectivity index (χ4n) is 1.99. The second kappa shape index (κ2) is 8.52. The van der Waals surface area contributed by atoms with Crippen molar-refractivity contribution in [1.82, 2.24) is 10.6 Å². The minimum absolute atomic E-state index is 0.0703. The zero-order chi connectivity index (χ0) is 17.4. The van der Waals surface area contributed by atoms with Gasteiger partial charge in [0.2, 0.25) is 11.8 Å². The van der Waals surface area contributed by atoms with Gasteiger partial charge in [-0.05, 0) is 29.8 Å². The van der Waals surface area contributed by atoms with Crippen molar-refractivity contribution >= 4 is 23.4 Å². The van der Waals surface area contributed by atoms with Crippen LogP contribution in [0.1, 0.15) is 22.5 Å². The molecule has 1 heterocycles. The second-order valence-corrected chi connectivity index (χ2v) is 5.08. The van der Waals surface area contributed by atoms with Crippen molar-refractivity contribution in [3.63, 3.8) is 0 Å². The lowest BCUT2D eigenvalue weighted by molar-refractivity contribution is -0.120. The highest BCUT2D eigenvalue weighted by molar-refractivity contribution is 5.93. The first-order valence-electron chi connectivity index (χ1n) is 7.49. The molecule has 24 heavy (non-hydrogen) atoms. The molecule has 2 aromatic rings. The van der Waals surface area contributed by atoms with Crippen LogP contribution in [-0.4, -0.2) is 31.3 Å². The van der Waals surface area contributed by atoms with Crippen LogP contribution in [0.5, 0.6) is 0 Å². The summed E-state index contributed by atoms with van der Waals surface area (Å²) in [4.78, 5) is 34.7. The zero-order valence-corrected chi connectivity index (χ0v) is 13.3. The Labute approximate surface area is 139 Å². The number of benzene rings is 1. The Bertz CT molecular complexity index is 693. The summed E-state index contributed by atoms with van der Waals surface area (Å²) < 4.78 is 4.95. The van der Waals surface area contributed by atoms with E-state index in [0.29, 0.717) is 12.1 Å². The Balaban J connectivity index is 1.74. The van der Waals surface area contributed by atoms with E-state index in [1.807, 2.05) is 0 Å². The summed E-state index contributed by atoms with van der Waals surface area (Å²) in [6.07, 6.45) is 1.85. The number of hydrogen-bond acceptors (Lipinski definition) is 4. The molecular weight excluding hydrogens is 310 g/mol. The molecule has 0 bridgehead atoms. The lowest BCUT2D eigenvalue weighted by atomic mass is 10.1. The van der Waals surface area contributed by atoms with Crippen LogP contribution in [-0.2, 0) is 16.0 Å². The summed E-state index contributed by atoms with van der Waals surface area (Å²) in [5.41, 5.74) is 1.50. The van der Waals surface area contributed by atoms with Crippen molar-refractivity contribution in [3.05, 3.63) is 54.0 Å². The Morgan fingerprint density at radius 2 is 1.79 bits per heavy atom. The smallest absolute Gasteiger partial charge is 0.286 e. The van der Waals surface area contributed by atoms with Gasteiger partial charge >= 0.3 is 0 Å². The van der Waals surface area contributed by atoms with E-state index in [4.69, 9.17) is 4.42 Å². The van der Waals surface area contributed by atoms with Gasteiger partial charge in [0.15, 0.2) is 5.76 Å². The number of anilines is 1. The number of carbonyl (C=O) groups excluding carboxylic acids is 3. The minimum atomic E-state index is -0.355. The number of likely N-dealkylation sites (N-methyl/N-ethyl adjacent to an activating group) is 1. The topological polar surface area (TPSA) is 100 Å². The fourth-order valence-corrected chi connectivity index (χ4v) is 1.99. The van der Waals surface area contributed by atoms with Crippen LogP contribution in [0, 0.1) is 0 Å².